The number of halogens is 3. The lowest BCUT2D eigenvalue weighted by molar-refractivity contribution is 0.101. The normalized spacial score (nSPS) is 10.4. The van der Waals surface area contributed by atoms with Gasteiger partial charge in [-0.05, 0) is 37.3 Å². The van der Waals surface area contributed by atoms with Crippen LogP contribution in [0.25, 0.3) is 11.1 Å². The van der Waals surface area contributed by atoms with Crippen LogP contribution in [-0.2, 0) is 0 Å². The lowest BCUT2D eigenvalue weighted by atomic mass is 9.99. The summed E-state index contributed by atoms with van der Waals surface area (Å²) in [5.74, 6) is -4.11. The predicted octanol–water partition coefficient (Wildman–Crippen LogP) is 3.98. The molecule has 0 radical (unpaired) electrons. The number of ether oxygens (including phenoxy) is 1. The maximum absolute atomic E-state index is 13.8. The van der Waals surface area contributed by atoms with Crippen molar-refractivity contribution in [2.75, 3.05) is 7.11 Å². The van der Waals surface area contributed by atoms with Gasteiger partial charge in [-0.15, -0.1) is 0 Å². The predicted molar refractivity (Wildman–Crippen MR) is 68.3 cm³/mol. The molecule has 0 aliphatic rings. The fourth-order valence-electron chi connectivity index (χ4n) is 1.87. The number of carbonyl (C=O) groups excluding carboxylic acids is 1. The van der Waals surface area contributed by atoms with Gasteiger partial charge in [0.2, 0.25) is 0 Å². The van der Waals surface area contributed by atoms with Gasteiger partial charge in [0, 0.05) is 16.7 Å². The van der Waals surface area contributed by atoms with Crippen molar-refractivity contribution in [3.8, 4) is 16.9 Å². The van der Waals surface area contributed by atoms with Gasteiger partial charge >= 0.3 is 0 Å². The van der Waals surface area contributed by atoms with Crippen LogP contribution in [0.1, 0.15) is 17.3 Å². The van der Waals surface area contributed by atoms with Gasteiger partial charge < -0.3 is 4.74 Å². The van der Waals surface area contributed by atoms with Crippen LogP contribution in [0.4, 0.5) is 13.2 Å². The molecule has 2 aromatic carbocycles. The Hall–Kier alpha value is -2.30. The van der Waals surface area contributed by atoms with E-state index in [1.165, 1.54) is 32.2 Å². The number of Topliss-reactive ketones (excluding diaryl/α,β-unsaturated/α-hetero) is 1. The van der Waals surface area contributed by atoms with E-state index in [1.54, 1.807) is 0 Å². The average molecular weight is 280 g/mol. The number of hydrogen-bond acceptors (Lipinski definition) is 2. The lowest BCUT2D eigenvalue weighted by Gasteiger charge is -2.11. The zero-order valence-electron chi connectivity index (χ0n) is 10.8. The molecule has 0 amide bonds. The summed E-state index contributed by atoms with van der Waals surface area (Å²) in [7, 11) is 1.37. The molecule has 0 bridgehead atoms. The van der Waals surface area contributed by atoms with Gasteiger partial charge in [0.05, 0.1) is 7.11 Å². The van der Waals surface area contributed by atoms with Crippen LogP contribution in [-0.4, -0.2) is 12.9 Å². The molecule has 2 nitrogen and oxygen atoms in total. The highest BCUT2D eigenvalue weighted by atomic mass is 19.2. The fraction of sp³-hybridized carbons (Fsp3) is 0.133. The number of methoxy groups -OCH3 is 1. The van der Waals surface area contributed by atoms with E-state index in [4.69, 9.17) is 4.74 Å². The Morgan fingerprint density at radius 1 is 1.00 bits per heavy atom. The zero-order chi connectivity index (χ0) is 14.9. The molecule has 0 N–H and O–H groups in total. The first-order chi connectivity index (χ1) is 9.45. The lowest BCUT2D eigenvalue weighted by Crippen LogP contribution is -1.99. The van der Waals surface area contributed by atoms with Gasteiger partial charge in [0.15, 0.2) is 23.2 Å². The van der Waals surface area contributed by atoms with Crippen molar-refractivity contribution in [3.63, 3.8) is 0 Å². The van der Waals surface area contributed by atoms with Gasteiger partial charge in [-0.25, -0.2) is 13.2 Å². The smallest absolute Gasteiger partial charge is 0.195 e. The van der Waals surface area contributed by atoms with E-state index in [-0.39, 0.29) is 22.7 Å². The second-order valence-corrected chi connectivity index (χ2v) is 4.19. The fourth-order valence-corrected chi connectivity index (χ4v) is 1.87. The van der Waals surface area contributed by atoms with Gasteiger partial charge in [-0.1, -0.05) is 0 Å². The van der Waals surface area contributed by atoms with Crippen LogP contribution >= 0.6 is 0 Å². The van der Waals surface area contributed by atoms with Crippen molar-refractivity contribution in [2.45, 2.75) is 6.92 Å². The first kappa shape index (κ1) is 14.1. The molecule has 2 aromatic rings. The zero-order valence-corrected chi connectivity index (χ0v) is 10.8. The minimum absolute atomic E-state index is 0.163. The summed E-state index contributed by atoms with van der Waals surface area (Å²) in [4.78, 5) is 11.4. The van der Waals surface area contributed by atoms with Gasteiger partial charge in [0.1, 0.15) is 5.75 Å². The number of hydrogen-bond donors (Lipinski definition) is 0. The van der Waals surface area contributed by atoms with E-state index in [2.05, 4.69) is 0 Å². The first-order valence-electron chi connectivity index (χ1n) is 5.78. The molecule has 0 aliphatic heterocycles. The highest BCUT2D eigenvalue weighted by Gasteiger charge is 2.18. The second kappa shape index (κ2) is 5.36. The van der Waals surface area contributed by atoms with Crippen LogP contribution in [0.3, 0.4) is 0 Å². The van der Waals surface area contributed by atoms with Crippen molar-refractivity contribution >= 4 is 5.78 Å². The molecule has 5 heteroatoms. The monoisotopic (exact) mass is 280 g/mol. The molecule has 0 aliphatic carbocycles. The molecule has 0 unspecified atom stereocenters. The molecule has 104 valence electrons. The summed E-state index contributed by atoms with van der Waals surface area (Å²) >= 11 is 0. The Labute approximate surface area is 113 Å². The third kappa shape index (κ3) is 2.39. The summed E-state index contributed by atoms with van der Waals surface area (Å²) in [5.41, 5.74) is 0.352. The molecule has 0 heterocycles. The Morgan fingerprint density at radius 2 is 1.70 bits per heavy atom. The average Bonchev–Trinajstić information content (AvgIpc) is 2.44. The van der Waals surface area contributed by atoms with Crippen molar-refractivity contribution < 1.29 is 22.7 Å². The molecule has 0 spiro atoms. The molecule has 2 rings (SSSR count). The van der Waals surface area contributed by atoms with Gasteiger partial charge in [0.25, 0.3) is 0 Å². The van der Waals surface area contributed by atoms with Crippen molar-refractivity contribution in [2.24, 2.45) is 0 Å². The third-order valence-corrected chi connectivity index (χ3v) is 2.93. The highest BCUT2D eigenvalue weighted by molar-refractivity contribution is 5.96. The maximum atomic E-state index is 13.8. The Bertz CT molecular complexity index is 681. The van der Waals surface area contributed by atoms with Crippen molar-refractivity contribution in [1.29, 1.82) is 0 Å². The van der Waals surface area contributed by atoms with Crippen LogP contribution in [0.15, 0.2) is 30.3 Å². The standard InChI is InChI=1S/C15H11F3O2/c1-8(19)9-3-6-13(20-2)11(7-9)10-4-5-12(16)15(18)14(10)17/h3-7H,1-2H3. The highest BCUT2D eigenvalue weighted by Crippen LogP contribution is 2.34. The molecule has 0 fully saturated rings. The minimum atomic E-state index is -1.56. The second-order valence-electron chi connectivity index (χ2n) is 4.19. The van der Waals surface area contributed by atoms with E-state index >= 15 is 0 Å². The Kier molecular flexibility index (Phi) is 3.79. The Morgan fingerprint density at radius 3 is 2.30 bits per heavy atom. The van der Waals surface area contributed by atoms with E-state index in [1.807, 2.05) is 0 Å². The van der Waals surface area contributed by atoms with E-state index in [9.17, 15) is 18.0 Å². The topological polar surface area (TPSA) is 26.3 Å². The number of benzene rings is 2. The summed E-state index contributed by atoms with van der Waals surface area (Å²) in [5, 5.41) is 0. The van der Waals surface area contributed by atoms with Gasteiger partial charge in [-0.2, -0.15) is 0 Å². The molecule has 0 saturated heterocycles. The van der Waals surface area contributed by atoms with Crippen LogP contribution in [0.2, 0.25) is 0 Å². The Balaban J connectivity index is 2.70. The van der Waals surface area contributed by atoms with Crippen molar-refractivity contribution in [3.05, 3.63) is 53.3 Å². The summed E-state index contributed by atoms with van der Waals surface area (Å²) in [6.45, 7) is 1.35. The van der Waals surface area contributed by atoms with E-state index < -0.39 is 17.5 Å². The van der Waals surface area contributed by atoms with Crippen LogP contribution in [0.5, 0.6) is 5.75 Å². The molecule has 0 atom stereocenters. The number of ketones is 1. The molecular formula is C15H11F3O2. The van der Waals surface area contributed by atoms with E-state index in [0.29, 0.717) is 5.56 Å². The van der Waals surface area contributed by atoms with Crippen LogP contribution < -0.4 is 4.74 Å². The van der Waals surface area contributed by atoms with E-state index in [0.717, 1.165) is 12.1 Å². The molecule has 0 saturated carbocycles. The number of rotatable bonds is 3. The molecule has 0 aromatic heterocycles. The maximum Gasteiger partial charge on any atom is 0.195 e. The molecular weight excluding hydrogens is 269 g/mol. The third-order valence-electron chi connectivity index (χ3n) is 2.93. The van der Waals surface area contributed by atoms with Crippen molar-refractivity contribution in [1.82, 2.24) is 0 Å². The quantitative estimate of drug-likeness (QED) is 0.628. The SMILES string of the molecule is COc1ccc(C(C)=O)cc1-c1ccc(F)c(F)c1F. The largest absolute Gasteiger partial charge is 0.496 e. The summed E-state index contributed by atoms with van der Waals surface area (Å²) < 4.78 is 45.2. The summed E-state index contributed by atoms with van der Waals surface area (Å²) in [6, 6.07) is 6.31. The first-order valence-corrected chi connectivity index (χ1v) is 5.78. The number of carbonyl (C=O) groups is 1. The van der Waals surface area contributed by atoms with Crippen LogP contribution in [0, 0.1) is 17.5 Å². The van der Waals surface area contributed by atoms with Gasteiger partial charge in [-0.3, -0.25) is 4.79 Å². The summed E-state index contributed by atoms with van der Waals surface area (Å²) in [6.07, 6.45) is 0. The molecule has 20 heavy (non-hydrogen) atoms. The minimum Gasteiger partial charge on any atom is -0.496 e.